The fraction of sp³-hybridized carbons (Fsp3) is 0.682. The Balaban J connectivity index is 1.53. The van der Waals surface area contributed by atoms with Gasteiger partial charge in [0.15, 0.2) is 0 Å². The third-order valence-electron chi connectivity index (χ3n) is 6.96. The number of nitrogens with zero attached hydrogens (tertiary/aromatic N) is 2. The fourth-order valence-corrected chi connectivity index (χ4v) is 5.54. The Morgan fingerprint density at radius 3 is 2.72 bits per heavy atom. The minimum atomic E-state index is -0.531. The van der Waals surface area contributed by atoms with E-state index in [0.717, 1.165) is 25.0 Å². The van der Waals surface area contributed by atoms with Gasteiger partial charge in [-0.25, -0.2) is 0 Å². The largest absolute Gasteiger partial charge is 0.354 e. The van der Waals surface area contributed by atoms with Gasteiger partial charge in [-0.3, -0.25) is 14.4 Å². The standard InChI is InChI=1S/C22H32N4O3/c1-14(23)22(29)25-12-16-10-17(13-25)19(26-18(16)7-4-8-21(26)28)11-24-20(27)9-15-5-2-3-6-15/h4,7-8,14-17,19H,2-3,5-6,9-13,23H2,1H3,(H,24,27)/t14-,16-,17+,19+/m1/s1. The van der Waals surface area contributed by atoms with Crippen LogP contribution in [0, 0.1) is 11.8 Å². The molecule has 4 rings (SSSR count). The molecule has 2 bridgehead atoms. The Labute approximate surface area is 171 Å². The monoisotopic (exact) mass is 400 g/mol. The van der Waals surface area contributed by atoms with Gasteiger partial charge < -0.3 is 20.5 Å². The molecular formula is C22H32N4O3. The molecule has 158 valence electrons. The Hall–Kier alpha value is -2.15. The third kappa shape index (κ3) is 4.10. The van der Waals surface area contributed by atoms with Gasteiger partial charge >= 0.3 is 0 Å². The Morgan fingerprint density at radius 1 is 1.24 bits per heavy atom. The van der Waals surface area contributed by atoms with Gasteiger partial charge in [0.25, 0.3) is 5.56 Å². The van der Waals surface area contributed by atoms with Crippen LogP contribution in [0.25, 0.3) is 0 Å². The molecule has 7 heteroatoms. The highest BCUT2D eigenvalue weighted by atomic mass is 16.2. The lowest BCUT2D eigenvalue weighted by molar-refractivity contribution is -0.135. The molecule has 3 aliphatic rings. The second-order valence-corrected chi connectivity index (χ2v) is 9.11. The number of hydrogen-bond donors (Lipinski definition) is 2. The summed E-state index contributed by atoms with van der Waals surface area (Å²) in [6.45, 7) is 3.33. The highest BCUT2D eigenvalue weighted by Crippen LogP contribution is 2.41. The van der Waals surface area contributed by atoms with Gasteiger partial charge in [0, 0.05) is 43.7 Å². The smallest absolute Gasteiger partial charge is 0.251 e. The van der Waals surface area contributed by atoms with Gasteiger partial charge in [-0.15, -0.1) is 0 Å². The highest BCUT2D eigenvalue weighted by molar-refractivity contribution is 5.81. The van der Waals surface area contributed by atoms with E-state index in [0.29, 0.717) is 32.0 Å². The molecule has 2 aliphatic heterocycles. The zero-order valence-corrected chi connectivity index (χ0v) is 17.2. The molecule has 0 unspecified atom stereocenters. The second kappa shape index (κ2) is 8.30. The van der Waals surface area contributed by atoms with Crippen LogP contribution in [-0.2, 0) is 9.59 Å². The number of carbonyl (C=O) groups excluding carboxylic acids is 2. The first kappa shape index (κ1) is 20.1. The summed E-state index contributed by atoms with van der Waals surface area (Å²) in [6, 6.07) is 4.69. The molecular weight excluding hydrogens is 368 g/mol. The average Bonchev–Trinajstić information content (AvgIpc) is 3.20. The minimum Gasteiger partial charge on any atom is -0.354 e. The summed E-state index contributed by atoms with van der Waals surface area (Å²) in [5.74, 6) is 0.792. The van der Waals surface area contributed by atoms with Crippen molar-refractivity contribution in [2.45, 2.75) is 63.5 Å². The van der Waals surface area contributed by atoms with Crippen molar-refractivity contribution in [3.8, 4) is 0 Å². The first-order valence-corrected chi connectivity index (χ1v) is 11.0. The highest BCUT2D eigenvalue weighted by Gasteiger charge is 2.42. The van der Waals surface area contributed by atoms with Crippen LogP contribution < -0.4 is 16.6 Å². The molecule has 0 radical (unpaired) electrons. The van der Waals surface area contributed by atoms with E-state index < -0.39 is 6.04 Å². The summed E-state index contributed by atoms with van der Waals surface area (Å²) < 4.78 is 1.86. The van der Waals surface area contributed by atoms with Crippen molar-refractivity contribution >= 4 is 11.8 Å². The molecule has 7 nitrogen and oxygen atoms in total. The molecule has 1 aliphatic carbocycles. The lowest BCUT2D eigenvalue weighted by Gasteiger charge is -2.47. The summed E-state index contributed by atoms with van der Waals surface area (Å²) in [5.41, 5.74) is 6.78. The van der Waals surface area contributed by atoms with Gasteiger partial charge in [0.2, 0.25) is 11.8 Å². The zero-order chi connectivity index (χ0) is 20.5. The van der Waals surface area contributed by atoms with Crippen molar-refractivity contribution in [1.82, 2.24) is 14.8 Å². The number of carbonyl (C=O) groups is 2. The molecule has 1 saturated carbocycles. The number of nitrogens with two attached hydrogens (primary N) is 1. The number of amides is 2. The quantitative estimate of drug-likeness (QED) is 0.780. The Kier molecular flexibility index (Phi) is 5.76. The number of nitrogens with one attached hydrogen (secondary N) is 1. The predicted molar refractivity (Wildman–Crippen MR) is 110 cm³/mol. The van der Waals surface area contributed by atoms with Gasteiger partial charge in [0.1, 0.15) is 0 Å². The van der Waals surface area contributed by atoms with Gasteiger partial charge in [0.05, 0.1) is 12.1 Å². The summed E-state index contributed by atoms with van der Waals surface area (Å²) in [4.78, 5) is 39.6. The molecule has 2 amide bonds. The normalized spacial score (nSPS) is 27.4. The summed E-state index contributed by atoms with van der Waals surface area (Å²) in [6.07, 6.45) is 6.21. The topological polar surface area (TPSA) is 97.4 Å². The van der Waals surface area contributed by atoms with E-state index in [1.807, 2.05) is 15.5 Å². The van der Waals surface area contributed by atoms with Crippen LogP contribution in [0.15, 0.2) is 23.0 Å². The van der Waals surface area contributed by atoms with Gasteiger partial charge in [-0.05, 0) is 44.1 Å². The van der Waals surface area contributed by atoms with Gasteiger partial charge in [-0.2, -0.15) is 0 Å². The maximum atomic E-state index is 12.7. The van der Waals surface area contributed by atoms with Crippen molar-refractivity contribution < 1.29 is 9.59 Å². The fourth-order valence-electron chi connectivity index (χ4n) is 5.54. The Bertz CT molecular complexity index is 828. The molecule has 29 heavy (non-hydrogen) atoms. The molecule has 3 N–H and O–H groups in total. The van der Waals surface area contributed by atoms with Crippen LogP contribution in [0.4, 0.5) is 0 Å². The first-order valence-electron chi connectivity index (χ1n) is 11.0. The maximum Gasteiger partial charge on any atom is 0.251 e. The lowest BCUT2D eigenvalue weighted by Crippen LogP contribution is -2.55. The first-order chi connectivity index (χ1) is 13.9. The molecule has 1 saturated heterocycles. The maximum absolute atomic E-state index is 12.7. The summed E-state index contributed by atoms with van der Waals surface area (Å²) in [5, 5.41) is 3.09. The zero-order valence-electron chi connectivity index (χ0n) is 17.2. The second-order valence-electron chi connectivity index (χ2n) is 9.11. The number of likely N-dealkylation sites (tertiary alicyclic amines) is 1. The van der Waals surface area contributed by atoms with E-state index in [9.17, 15) is 14.4 Å². The van der Waals surface area contributed by atoms with Crippen LogP contribution >= 0.6 is 0 Å². The Morgan fingerprint density at radius 2 is 2.00 bits per heavy atom. The van der Waals surface area contributed by atoms with E-state index in [2.05, 4.69) is 5.32 Å². The van der Waals surface area contributed by atoms with Crippen molar-refractivity contribution in [3.05, 3.63) is 34.2 Å². The number of fused-ring (bicyclic) bond motifs is 4. The summed E-state index contributed by atoms with van der Waals surface area (Å²) >= 11 is 0. The van der Waals surface area contributed by atoms with Crippen LogP contribution in [-0.4, -0.2) is 47.0 Å². The van der Waals surface area contributed by atoms with E-state index >= 15 is 0 Å². The number of rotatable bonds is 5. The van der Waals surface area contributed by atoms with Crippen molar-refractivity contribution in [1.29, 1.82) is 0 Å². The average molecular weight is 401 g/mol. The van der Waals surface area contributed by atoms with Crippen LogP contribution in [0.1, 0.15) is 63.1 Å². The SMILES string of the molecule is C[C@@H](N)C(=O)N1C[C@H]2C[C@@H](C1)[C@H](CNC(=O)CC1CCCC1)n1c2cccc1=O. The predicted octanol–water partition coefficient (Wildman–Crippen LogP) is 1.38. The van der Waals surface area contributed by atoms with Crippen LogP contribution in [0.5, 0.6) is 0 Å². The van der Waals surface area contributed by atoms with E-state index in [1.54, 1.807) is 19.1 Å². The number of aromatic nitrogens is 1. The van der Waals surface area contributed by atoms with Crippen molar-refractivity contribution in [2.24, 2.45) is 17.6 Å². The third-order valence-corrected chi connectivity index (χ3v) is 6.96. The molecule has 1 aromatic heterocycles. The number of piperidine rings is 1. The molecule has 2 fully saturated rings. The molecule has 3 heterocycles. The van der Waals surface area contributed by atoms with Crippen molar-refractivity contribution in [3.63, 3.8) is 0 Å². The van der Waals surface area contributed by atoms with E-state index in [1.165, 1.54) is 12.8 Å². The number of pyridine rings is 1. The molecule has 0 spiro atoms. The van der Waals surface area contributed by atoms with E-state index in [4.69, 9.17) is 5.73 Å². The van der Waals surface area contributed by atoms with Crippen LogP contribution in [0.2, 0.25) is 0 Å². The molecule has 4 atom stereocenters. The number of hydrogen-bond acceptors (Lipinski definition) is 4. The van der Waals surface area contributed by atoms with E-state index in [-0.39, 0.29) is 35.3 Å². The lowest BCUT2D eigenvalue weighted by atomic mass is 9.78. The molecule has 1 aromatic rings. The van der Waals surface area contributed by atoms with Crippen molar-refractivity contribution in [2.75, 3.05) is 19.6 Å². The minimum absolute atomic E-state index is 0.0285. The molecule has 0 aromatic carbocycles. The van der Waals surface area contributed by atoms with Gasteiger partial charge in [-0.1, -0.05) is 18.9 Å². The summed E-state index contributed by atoms with van der Waals surface area (Å²) in [7, 11) is 0. The van der Waals surface area contributed by atoms with Crippen LogP contribution in [0.3, 0.4) is 0 Å².